The zero-order valence-electron chi connectivity index (χ0n) is 15.1. The molecule has 0 unspecified atom stereocenters. The van der Waals surface area contributed by atoms with Crippen LogP contribution in [0.3, 0.4) is 0 Å². The number of amides is 2. The SMILES string of the molecule is C[C@@H]1CN(C(=O)CCCNC(=O)c2ccc(Cl)cc2)CCN1CC(F)(F)F. The third-order valence-corrected chi connectivity index (χ3v) is 4.71. The molecule has 1 aromatic carbocycles. The lowest BCUT2D eigenvalue weighted by Crippen LogP contribution is -2.55. The predicted octanol–water partition coefficient (Wildman–Crippen LogP) is 2.95. The first kappa shape index (κ1) is 21.5. The Balaban J connectivity index is 1.69. The van der Waals surface area contributed by atoms with Crippen molar-refractivity contribution >= 4 is 23.4 Å². The summed E-state index contributed by atoms with van der Waals surface area (Å²) in [6, 6.07) is 6.14. The van der Waals surface area contributed by atoms with Gasteiger partial charge in [-0.25, -0.2) is 0 Å². The van der Waals surface area contributed by atoms with Crippen molar-refractivity contribution in [2.24, 2.45) is 0 Å². The maximum Gasteiger partial charge on any atom is 0.401 e. The normalized spacial score (nSPS) is 18.4. The molecule has 0 bridgehead atoms. The summed E-state index contributed by atoms with van der Waals surface area (Å²) in [4.78, 5) is 27.1. The number of nitrogens with one attached hydrogen (secondary N) is 1. The molecule has 0 spiro atoms. The van der Waals surface area contributed by atoms with E-state index in [0.29, 0.717) is 23.6 Å². The van der Waals surface area contributed by atoms with Crippen LogP contribution in [-0.2, 0) is 4.79 Å². The standard InChI is InChI=1S/C18H23ClF3N3O2/c1-13-11-24(9-10-25(13)12-18(20,21)22)16(26)3-2-8-23-17(27)14-4-6-15(19)7-5-14/h4-7,13H,2-3,8-12H2,1H3,(H,23,27)/t13-/m1/s1. The zero-order chi connectivity index (χ0) is 20.0. The first-order chi connectivity index (χ1) is 12.7. The van der Waals surface area contributed by atoms with E-state index >= 15 is 0 Å². The second-order valence-electron chi connectivity index (χ2n) is 6.64. The minimum absolute atomic E-state index is 0.103. The number of hydrogen-bond acceptors (Lipinski definition) is 3. The summed E-state index contributed by atoms with van der Waals surface area (Å²) < 4.78 is 37.6. The Morgan fingerprint density at radius 1 is 1.22 bits per heavy atom. The van der Waals surface area contributed by atoms with E-state index in [9.17, 15) is 22.8 Å². The van der Waals surface area contributed by atoms with Crippen LogP contribution in [0.4, 0.5) is 13.2 Å². The fourth-order valence-electron chi connectivity index (χ4n) is 2.99. The highest BCUT2D eigenvalue weighted by atomic mass is 35.5. The topological polar surface area (TPSA) is 52.7 Å². The minimum Gasteiger partial charge on any atom is -0.352 e. The van der Waals surface area contributed by atoms with Gasteiger partial charge in [-0.3, -0.25) is 14.5 Å². The summed E-state index contributed by atoms with van der Waals surface area (Å²) in [5.41, 5.74) is 0.486. The van der Waals surface area contributed by atoms with Crippen molar-refractivity contribution in [1.82, 2.24) is 15.1 Å². The van der Waals surface area contributed by atoms with Gasteiger partial charge in [0.1, 0.15) is 0 Å². The Bertz CT molecular complexity index is 652. The quantitative estimate of drug-likeness (QED) is 0.740. The number of alkyl halides is 3. The van der Waals surface area contributed by atoms with Crippen molar-refractivity contribution in [3.05, 3.63) is 34.9 Å². The van der Waals surface area contributed by atoms with Gasteiger partial charge in [0.05, 0.1) is 6.54 Å². The van der Waals surface area contributed by atoms with Crippen molar-refractivity contribution in [2.45, 2.75) is 32.0 Å². The molecule has 1 aliphatic rings. The lowest BCUT2D eigenvalue weighted by molar-refractivity contribution is -0.157. The molecule has 27 heavy (non-hydrogen) atoms. The summed E-state index contributed by atoms with van der Waals surface area (Å²) >= 11 is 5.77. The van der Waals surface area contributed by atoms with Crippen LogP contribution in [-0.4, -0.2) is 66.6 Å². The molecule has 1 N–H and O–H groups in total. The molecule has 9 heteroatoms. The molecule has 0 aromatic heterocycles. The minimum atomic E-state index is -4.23. The average molecular weight is 406 g/mol. The van der Waals surface area contributed by atoms with Crippen LogP contribution in [0.1, 0.15) is 30.1 Å². The molecule has 1 aromatic rings. The number of carbonyl (C=O) groups is 2. The van der Waals surface area contributed by atoms with Crippen LogP contribution >= 0.6 is 11.6 Å². The first-order valence-corrected chi connectivity index (χ1v) is 9.16. The van der Waals surface area contributed by atoms with E-state index in [2.05, 4.69) is 5.32 Å². The number of rotatable bonds is 6. The lowest BCUT2D eigenvalue weighted by Gasteiger charge is -2.40. The van der Waals surface area contributed by atoms with Crippen molar-refractivity contribution in [3.8, 4) is 0 Å². The third-order valence-electron chi connectivity index (χ3n) is 4.46. The van der Waals surface area contributed by atoms with Gasteiger partial charge in [0.15, 0.2) is 0 Å². The Morgan fingerprint density at radius 2 is 1.89 bits per heavy atom. The summed E-state index contributed by atoms with van der Waals surface area (Å²) in [5.74, 6) is -0.345. The van der Waals surface area contributed by atoms with E-state index in [1.165, 1.54) is 4.90 Å². The van der Waals surface area contributed by atoms with E-state index in [1.807, 2.05) is 0 Å². The van der Waals surface area contributed by atoms with Crippen LogP contribution < -0.4 is 5.32 Å². The number of carbonyl (C=O) groups excluding carboxylic acids is 2. The molecule has 1 aliphatic heterocycles. The van der Waals surface area contributed by atoms with E-state index in [0.717, 1.165) is 0 Å². The van der Waals surface area contributed by atoms with Gasteiger partial charge < -0.3 is 10.2 Å². The highest BCUT2D eigenvalue weighted by Crippen LogP contribution is 2.20. The molecule has 0 aliphatic carbocycles. The maximum absolute atomic E-state index is 12.5. The summed E-state index contributed by atoms with van der Waals surface area (Å²) in [5, 5.41) is 3.28. The van der Waals surface area contributed by atoms with Crippen molar-refractivity contribution in [2.75, 3.05) is 32.7 Å². The molecular weight excluding hydrogens is 383 g/mol. The fraction of sp³-hybridized carbons (Fsp3) is 0.556. The highest BCUT2D eigenvalue weighted by Gasteiger charge is 2.35. The summed E-state index contributed by atoms with van der Waals surface area (Å²) in [7, 11) is 0. The lowest BCUT2D eigenvalue weighted by atomic mass is 10.1. The monoisotopic (exact) mass is 405 g/mol. The number of nitrogens with zero attached hydrogens (tertiary/aromatic N) is 2. The Hall–Kier alpha value is -1.80. The second-order valence-corrected chi connectivity index (χ2v) is 7.08. The van der Waals surface area contributed by atoms with E-state index in [4.69, 9.17) is 11.6 Å². The van der Waals surface area contributed by atoms with Gasteiger partial charge in [0.25, 0.3) is 5.91 Å². The highest BCUT2D eigenvalue weighted by molar-refractivity contribution is 6.30. The van der Waals surface area contributed by atoms with Crippen LogP contribution in [0.15, 0.2) is 24.3 Å². The second kappa shape index (κ2) is 9.41. The van der Waals surface area contributed by atoms with E-state index < -0.39 is 12.7 Å². The smallest absolute Gasteiger partial charge is 0.352 e. The van der Waals surface area contributed by atoms with Gasteiger partial charge >= 0.3 is 6.18 Å². The predicted molar refractivity (Wildman–Crippen MR) is 96.7 cm³/mol. The molecule has 5 nitrogen and oxygen atoms in total. The Labute approximate surface area is 161 Å². The number of benzene rings is 1. The fourth-order valence-corrected chi connectivity index (χ4v) is 3.12. The van der Waals surface area contributed by atoms with Crippen molar-refractivity contribution < 1.29 is 22.8 Å². The summed E-state index contributed by atoms with van der Waals surface area (Å²) in [6.07, 6.45) is -3.52. The molecule has 1 heterocycles. The molecule has 1 saturated heterocycles. The van der Waals surface area contributed by atoms with Crippen LogP contribution in [0.5, 0.6) is 0 Å². The molecule has 0 saturated carbocycles. The molecule has 1 fully saturated rings. The van der Waals surface area contributed by atoms with Gasteiger partial charge in [-0.05, 0) is 37.6 Å². The molecule has 2 rings (SSSR count). The Kier molecular flexibility index (Phi) is 7.49. The van der Waals surface area contributed by atoms with E-state index in [1.54, 1.807) is 36.1 Å². The van der Waals surface area contributed by atoms with Crippen molar-refractivity contribution in [1.29, 1.82) is 0 Å². The van der Waals surface area contributed by atoms with Crippen molar-refractivity contribution in [3.63, 3.8) is 0 Å². The zero-order valence-corrected chi connectivity index (χ0v) is 15.8. The number of hydrogen-bond donors (Lipinski definition) is 1. The van der Waals surface area contributed by atoms with E-state index in [-0.39, 0.29) is 43.9 Å². The summed E-state index contributed by atoms with van der Waals surface area (Å²) in [6.45, 7) is 1.86. The first-order valence-electron chi connectivity index (χ1n) is 8.78. The third kappa shape index (κ3) is 7.03. The Morgan fingerprint density at radius 3 is 2.48 bits per heavy atom. The van der Waals surface area contributed by atoms with Crippen LogP contribution in [0.25, 0.3) is 0 Å². The maximum atomic E-state index is 12.5. The van der Waals surface area contributed by atoms with Gasteiger partial charge in [-0.15, -0.1) is 0 Å². The molecule has 150 valence electrons. The van der Waals surface area contributed by atoms with Gasteiger partial charge in [0, 0.05) is 49.2 Å². The van der Waals surface area contributed by atoms with Crippen LogP contribution in [0.2, 0.25) is 5.02 Å². The van der Waals surface area contributed by atoms with Gasteiger partial charge in [-0.2, -0.15) is 13.2 Å². The number of piperazine rings is 1. The average Bonchev–Trinajstić information content (AvgIpc) is 2.59. The molecule has 2 amide bonds. The van der Waals surface area contributed by atoms with Gasteiger partial charge in [-0.1, -0.05) is 11.6 Å². The molecular formula is C18H23ClF3N3O2. The van der Waals surface area contributed by atoms with Gasteiger partial charge in [0.2, 0.25) is 5.91 Å². The largest absolute Gasteiger partial charge is 0.401 e. The van der Waals surface area contributed by atoms with Crippen LogP contribution in [0, 0.1) is 0 Å². The molecule has 1 atom stereocenters. The number of halogens is 4. The molecule has 0 radical (unpaired) electrons.